The summed E-state index contributed by atoms with van der Waals surface area (Å²) in [6.07, 6.45) is 0.206. The molecule has 6 heteroatoms. The number of carbonyl (C=O) groups is 1. The second kappa shape index (κ2) is 7.04. The lowest BCUT2D eigenvalue weighted by Crippen LogP contribution is -2.44. The molecule has 1 saturated heterocycles. The number of nitrogens with two attached hydrogens (primary N) is 1. The molecule has 20 heavy (non-hydrogen) atoms. The van der Waals surface area contributed by atoms with Gasteiger partial charge in [0.2, 0.25) is 5.91 Å². The van der Waals surface area contributed by atoms with E-state index in [4.69, 9.17) is 22.1 Å². The van der Waals surface area contributed by atoms with Crippen molar-refractivity contribution in [3.63, 3.8) is 0 Å². The summed E-state index contributed by atoms with van der Waals surface area (Å²) in [7, 11) is 2.09. The lowest BCUT2D eigenvalue weighted by atomic mass is 10.1. The number of halogens is 1. The number of hydrogen-bond donors (Lipinski definition) is 2. The van der Waals surface area contributed by atoms with Gasteiger partial charge in [-0.1, -0.05) is 17.7 Å². The zero-order chi connectivity index (χ0) is 14.5. The molecular formula is C14H20ClN3O2. The second-order valence-electron chi connectivity index (χ2n) is 5.06. The predicted octanol–water partition coefficient (Wildman–Crippen LogP) is 0.859. The Labute approximate surface area is 124 Å². The Hall–Kier alpha value is -1.14. The van der Waals surface area contributed by atoms with Crippen molar-refractivity contribution >= 4 is 17.5 Å². The number of hydrogen-bond acceptors (Lipinski definition) is 4. The first-order valence-corrected chi connectivity index (χ1v) is 7.03. The molecule has 2 rings (SSSR count). The van der Waals surface area contributed by atoms with Crippen LogP contribution in [0.3, 0.4) is 0 Å². The average molecular weight is 298 g/mol. The smallest absolute Gasteiger partial charge is 0.248 e. The van der Waals surface area contributed by atoms with Gasteiger partial charge in [0.1, 0.15) is 0 Å². The maximum Gasteiger partial charge on any atom is 0.248 e. The highest BCUT2D eigenvalue weighted by Crippen LogP contribution is 2.17. The number of nitrogens with one attached hydrogen (secondary N) is 1. The topological polar surface area (TPSA) is 67.6 Å². The number of carbonyl (C=O) groups excluding carboxylic acids is 1. The van der Waals surface area contributed by atoms with Gasteiger partial charge in [-0.15, -0.1) is 0 Å². The maximum absolute atomic E-state index is 11.0. The van der Waals surface area contributed by atoms with Gasteiger partial charge in [0.25, 0.3) is 0 Å². The first kappa shape index (κ1) is 15.3. The molecule has 1 aromatic carbocycles. The summed E-state index contributed by atoms with van der Waals surface area (Å²) in [5, 5.41) is 3.88. The van der Waals surface area contributed by atoms with Gasteiger partial charge in [-0.3, -0.25) is 4.79 Å². The van der Waals surface area contributed by atoms with Crippen molar-refractivity contribution in [2.45, 2.75) is 12.6 Å². The van der Waals surface area contributed by atoms with Gasteiger partial charge in [-0.25, -0.2) is 0 Å². The van der Waals surface area contributed by atoms with Crippen LogP contribution in [0, 0.1) is 0 Å². The molecule has 1 aliphatic rings. The minimum atomic E-state index is -0.468. The Morgan fingerprint density at radius 3 is 3.05 bits per heavy atom. The molecule has 3 N–H and O–H groups in total. The van der Waals surface area contributed by atoms with Crippen LogP contribution in [0.15, 0.2) is 18.2 Å². The van der Waals surface area contributed by atoms with Gasteiger partial charge in [-0.05, 0) is 24.7 Å². The van der Waals surface area contributed by atoms with Crippen molar-refractivity contribution in [2.75, 3.05) is 33.3 Å². The van der Waals surface area contributed by atoms with E-state index in [-0.39, 0.29) is 6.10 Å². The zero-order valence-corrected chi connectivity index (χ0v) is 12.3. The van der Waals surface area contributed by atoms with Gasteiger partial charge in [0.15, 0.2) is 0 Å². The van der Waals surface area contributed by atoms with Crippen LogP contribution >= 0.6 is 11.6 Å². The second-order valence-corrected chi connectivity index (χ2v) is 5.46. The van der Waals surface area contributed by atoms with Gasteiger partial charge >= 0.3 is 0 Å². The summed E-state index contributed by atoms with van der Waals surface area (Å²) >= 11 is 6.13. The molecule has 0 aromatic heterocycles. The number of nitrogens with zero attached hydrogens (tertiary/aromatic N) is 1. The maximum atomic E-state index is 11.0. The third-order valence-corrected chi connectivity index (χ3v) is 3.72. The fraction of sp³-hybridized carbons (Fsp3) is 0.500. The van der Waals surface area contributed by atoms with Crippen molar-refractivity contribution in [1.29, 1.82) is 0 Å². The number of morpholine rings is 1. The largest absolute Gasteiger partial charge is 0.374 e. The van der Waals surface area contributed by atoms with E-state index in [2.05, 4.69) is 17.3 Å². The molecule has 0 saturated carbocycles. The zero-order valence-electron chi connectivity index (χ0n) is 11.6. The summed E-state index contributed by atoms with van der Waals surface area (Å²) in [5.41, 5.74) is 6.58. The predicted molar refractivity (Wildman–Crippen MR) is 78.9 cm³/mol. The van der Waals surface area contributed by atoms with Gasteiger partial charge in [0, 0.05) is 36.8 Å². The molecule has 1 fully saturated rings. The molecular weight excluding hydrogens is 278 g/mol. The number of ether oxygens (including phenoxy) is 1. The summed E-state index contributed by atoms with van der Waals surface area (Å²) < 4.78 is 5.67. The number of likely N-dealkylation sites (N-methyl/N-ethyl adjacent to an activating group) is 1. The number of rotatable bonds is 5. The van der Waals surface area contributed by atoms with Crippen LogP contribution < -0.4 is 11.1 Å². The van der Waals surface area contributed by atoms with E-state index in [1.54, 1.807) is 12.1 Å². The fourth-order valence-corrected chi connectivity index (χ4v) is 2.45. The van der Waals surface area contributed by atoms with Crippen molar-refractivity contribution in [2.24, 2.45) is 5.73 Å². The lowest BCUT2D eigenvalue weighted by Gasteiger charge is -2.30. The van der Waals surface area contributed by atoms with Gasteiger partial charge in [-0.2, -0.15) is 0 Å². The third-order valence-electron chi connectivity index (χ3n) is 3.37. The van der Waals surface area contributed by atoms with E-state index < -0.39 is 5.91 Å². The molecule has 1 aromatic rings. The van der Waals surface area contributed by atoms with E-state index in [0.717, 1.165) is 31.8 Å². The first-order chi connectivity index (χ1) is 9.56. The average Bonchev–Trinajstić information content (AvgIpc) is 2.40. The Morgan fingerprint density at radius 1 is 1.60 bits per heavy atom. The molecule has 5 nitrogen and oxygen atoms in total. The van der Waals surface area contributed by atoms with Crippen LogP contribution in [-0.2, 0) is 11.3 Å². The summed E-state index contributed by atoms with van der Waals surface area (Å²) in [6, 6.07) is 5.12. The molecule has 1 unspecified atom stereocenters. The Kier molecular flexibility index (Phi) is 5.37. The van der Waals surface area contributed by atoms with Gasteiger partial charge in [0.05, 0.1) is 12.7 Å². The van der Waals surface area contributed by atoms with Crippen LogP contribution in [0.4, 0.5) is 0 Å². The van der Waals surface area contributed by atoms with Crippen molar-refractivity contribution in [1.82, 2.24) is 10.2 Å². The molecule has 110 valence electrons. The number of benzene rings is 1. The highest BCUT2D eigenvalue weighted by molar-refractivity contribution is 6.31. The molecule has 1 heterocycles. The van der Waals surface area contributed by atoms with Crippen molar-refractivity contribution < 1.29 is 9.53 Å². The Balaban J connectivity index is 1.83. The van der Waals surface area contributed by atoms with E-state index >= 15 is 0 Å². The normalized spacial score (nSPS) is 20.0. The summed E-state index contributed by atoms with van der Waals surface area (Å²) in [6.45, 7) is 4.11. The van der Waals surface area contributed by atoms with Crippen LogP contribution in [0.5, 0.6) is 0 Å². The van der Waals surface area contributed by atoms with Crippen molar-refractivity contribution in [3.8, 4) is 0 Å². The monoisotopic (exact) mass is 297 g/mol. The van der Waals surface area contributed by atoms with E-state index in [1.165, 1.54) is 0 Å². The molecule has 1 amide bonds. The van der Waals surface area contributed by atoms with Crippen LogP contribution in [0.25, 0.3) is 0 Å². The highest BCUT2D eigenvalue weighted by atomic mass is 35.5. The van der Waals surface area contributed by atoms with Crippen LogP contribution in [-0.4, -0.2) is 50.2 Å². The quantitative estimate of drug-likeness (QED) is 0.846. The molecule has 0 radical (unpaired) electrons. The van der Waals surface area contributed by atoms with E-state index in [9.17, 15) is 4.79 Å². The minimum Gasteiger partial charge on any atom is -0.374 e. The lowest BCUT2D eigenvalue weighted by molar-refractivity contribution is -0.0182. The highest BCUT2D eigenvalue weighted by Gasteiger charge is 2.17. The van der Waals surface area contributed by atoms with Crippen LogP contribution in [0.1, 0.15) is 15.9 Å². The van der Waals surface area contributed by atoms with Crippen LogP contribution in [0.2, 0.25) is 5.02 Å². The number of primary amides is 1. The van der Waals surface area contributed by atoms with Crippen molar-refractivity contribution in [3.05, 3.63) is 34.3 Å². The molecule has 1 atom stereocenters. The SMILES string of the molecule is CN1CCOC(CNCc2ccc(C(N)=O)cc2Cl)C1. The first-order valence-electron chi connectivity index (χ1n) is 6.65. The standard InChI is InChI=1S/C14H20ClN3O2/c1-18-4-5-20-12(9-18)8-17-7-11-3-2-10(14(16)19)6-13(11)15/h2-3,6,12,17H,4-5,7-9H2,1H3,(H2,16,19). The fourth-order valence-electron chi connectivity index (χ4n) is 2.20. The summed E-state index contributed by atoms with van der Waals surface area (Å²) in [5.74, 6) is -0.468. The van der Waals surface area contributed by atoms with E-state index in [1.807, 2.05) is 6.07 Å². The Bertz CT molecular complexity index is 481. The minimum absolute atomic E-state index is 0.206. The Morgan fingerprint density at radius 2 is 2.40 bits per heavy atom. The third kappa shape index (κ3) is 4.18. The molecule has 0 bridgehead atoms. The number of amides is 1. The molecule has 0 aliphatic carbocycles. The summed E-state index contributed by atoms with van der Waals surface area (Å²) in [4.78, 5) is 13.3. The van der Waals surface area contributed by atoms with E-state index in [0.29, 0.717) is 17.1 Å². The molecule has 1 aliphatic heterocycles. The van der Waals surface area contributed by atoms with Gasteiger partial charge < -0.3 is 20.7 Å². The molecule has 0 spiro atoms.